The minimum atomic E-state index is -2.93. The van der Waals surface area contributed by atoms with Crippen LogP contribution in [-0.4, -0.2) is 23.3 Å². The van der Waals surface area contributed by atoms with Gasteiger partial charge in [0, 0.05) is 11.6 Å². The van der Waals surface area contributed by atoms with Crippen molar-refractivity contribution in [3.05, 3.63) is 24.5 Å². The maximum Gasteiger partial charge on any atom is 0.387 e. The summed E-state index contributed by atoms with van der Waals surface area (Å²) in [5, 5.41) is 0. The molecule has 1 heterocycles. The van der Waals surface area contributed by atoms with Crippen LogP contribution in [0, 0.1) is 0 Å². The third-order valence-electron chi connectivity index (χ3n) is 3.04. The summed E-state index contributed by atoms with van der Waals surface area (Å²) in [6, 6.07) is 4.83. The molecule has 0 fully saturated rings. The van der Waals surface area contributed by atoms with Gasteiger partial charge in [0.25, 0.3) is 0 Å². The molecule has 5 nitrogen and oxygen atoms in total. The fourth-order valence-corrected chi connectivity index (χ4v) is 2.02. The number of methoxy groups -OCH3 is 1. The molecule has 0 radical (unpaired) electrons. The smallest absolute Gasteiger partial charge is 0.387 e. The first-order valence-corrected chi connectivity index (χ1v) is 6.39. The molecule has 0 aliphatic carbocycles. The first-order valence-electron chi connectivity index (χ1n) is 6.39. The van der Waals surface area contributed by atoms with Crippen LogP contribution in [0.5, 0.6) is 11.5 Å². The maximum atomic E-state index is 12.4. The number of halogens is 2. The van der Waals surface area contributed by atoms with E-state index in [4.69, 9.17) is 10.5 Å². The van der Waals surface area contributed by atoms with Gasteiger partial charge in [-0.05, 0) is 32.0 Å². The van der Waals surface area contributed by atoms with E-state index in [2.05, 4.69) is 9.72 Å². The maximum absolute atomic E-state index is 12.4. The van der Waals surface area contributed by atoms with Crippen LogP contribution >= 0.6 is 0 Å². The number of nitrogens with two attached hydrogens (primary N) is 1. The summed E-state index contributed by atoms with van der Waals surface area (Å²) in [5.41, 5.74) is 7.14. The molecule has 114 valence electrons. The second-order valence-corrected chi connectivity index (χ2v) is 4.72. The molecule has 7 heteroatoms. The Bertz CT molecular complexity index is 627. The monoisotopic (exact) mass is 297 g/mol. The van der Waals surface area contributed by atoms with Gasteiger partial charge in [0.2, 0.25) is 0 Å². The number of rotatable bonds is 5. The van der Waals surface area contributed by atoms with E-state index in [1.54, 1.807) is 23.0 Å². The molecular formula is C14H17F2N3O2. The standard InChI is InChI=1S/C14H17F2N3O2/c1-8(2)19-7-18-12(13(19)17)9-4-5-10(20-3)11(6-9)21-14(15)16/h4-8,14H,17H2,1-3H3. The van der Waals surface area contributed by atoms with E-state index in [1.165, 1.54) is 13.2 Å². The average molecular weight is 297 g/mol. The molecule has 1 aromatic heterocycles. The Morgan fingerprint density at radius 3 is 2.48 bits per heavy atom. The molecule has 2 N–H and O–H groups in total. The summed E-state index contributed by atoms with van der Waals surface area (Å²) in [7, 11) is 1.38. The number of nitrogens with zero attached hydrogens (tertiary/aromatic N) is 2. The van der Waals surface area contributed by atoms with E-state index in [9.17, 15) is 8.78 Å². The van der Waals surface area contributed by atoms with Gasteiger partial charge in [-0.1, -0.05) is 0 Å². The molecule has 0 saturated heterocycles. The Balaban J connectivity index is 2.45. The highest BCUT2D eigenvalue weighted by atomic mass is 19.3. The van der Waals surface area contributed by atoms with Crippen LogP contribution in [0.1, 0.15) is 19.9 Å². The molecule has 0 bridgehead atoms. The van der Waals surface area contributed by atoms with Crippen molar-refractivity contribution in [2.45, 2.75) is 26.5 Å². The number of imidazole rings is 1. The highest BCUT2D eigenvalue weighted by Crippen LogP contribution is 2.35. The predicted octanol–water partition coefficient (Wildman–Crippen LogP) is 3.32. The van der Waals surface area contributed by atoms with Crippen molar-refractivity contribution in [2.75, 3.05) is 12.8 Å². The van der Waals surface area contributed by atoms with Crippen LogP contribution in [0.15, 0.2) is 24.5 Å². The summed E-state index contributed by atoms with van der Waals surface area (Å²) >= 11 is 0. The van der Waals surface area contributed by atoms with E-state index < -0.39 is 6.61 Å². The lowest BCUT2D eigenvalue weighted by Gasteiger charge is -2.12. The third-order valence-corrected chi connectivity index (χ3v) is 3.04. The van der Waals surface area contributed by atoms with Crippen molar-refractivity contribution in [1.82, 2.24) is 9.55 Å². The zero-order valence-corrected chi connectivity index (χ0v) is 12.0. The van der Waals surface area contributed by atoms with Gasteiger partial charge in [0.1, 0.15) is 11.5 Å². The number of ether oxygens (including phenoxy) is 2. The number of hydrogen-bond donors (Lipinski definition) is 1. The molecule has 0 spiro atoms. The summed E-state index contributed by atoms with van der Waals surface area (Å²) in [6.07, 6.45) is 1.62. The fraction of sp³-hybridized carbons (Fsp3) is 0.357. The van der Waals surface area contributed by atoms with E-state index in [1.807, 2.05) is 13.8 Å². The fourth-order valence-electron chi connectivity index (χ4n) is 2.02. The van der Waals surface area contributed by atoms with Crippen LogP contribution in [0.2, 0.25) is 0 Å². The molecule has 2 rings (SSSR count). The molecule has 0 atom stereocenters. The number of hydrogen-bond acceptors (Lipinski definition) is 4. The minimum absolute atomic E-state index is 0.0523. The molecule has 0 saturated carbocycles. The Morgan fingerprint density at radius 1 is 1.24 bits per heavy atom. The van der Waals surface area contributed by atoms with Crippen LogP contribution in [0.4, 0.5) is 14.6 Å². The SMILES string of the molecule is COc1ccc(-c2ncn(C(C)C)c2N)cc1OC(F)F. The van der Waals surface area contributed by atoms with Crippen LogP contribution in [-0.2, 0) is 0 Å². The zero-order valence-electron chi connectivity index (χ0n) is 12.0. The van der Waals surface area contributed by atoms with Crippen molar-refractivity contribution >= 4 is 5.82 Å². The number of benzene rings is 1. The second kappa shape index (κ2) is 5.99. The van der Waals surface area contributed by atoms with Crippen LogP contribution < -0.4 is 15.2 Å². The molecular weight excluding hydrogens is 280 g/mol. The Kier molecular flexibility index (Phi) is 4.30. The van der Waals surface area contributed by atoms with Gasteiger partial charge >= 0.3 is 6.61 Å². The summed E-state index contributed by atoms with van der Waals surface area (Å²) in [6.45, 7) is 1.02. The normalized spacial score (nSPS) is 11.2. The molecule has 1 aromatic carbocycles. The molecule has 21 heavy (non-hydrogen) atoms. The van der Waals surface area contributed by atoms with Crippen molar-refractivity contribution in [3.63, 3.8) is 0 Å². The van der Waals surface area contributed by atoms with E-state index in [0.29, 0.717) is 17.1 Å². The first-order chi connectivity index (χ1) is 9.93. The van der Waals surface area contributed by atoms with Gasteiger partial charge in [0.05, 0.1) is 13.4 Å². The summed E-state index contributed by atoms with van der Waals surface area (Å²) in [4.78, 5) is 4.24. The lowest BCUT2D eigenvalue weighted by Crippen LogP contribution is -2.05. The minimum Gasteiger partial charge on any atom is -0.493 e. The van der Waals surface area contributed by atoms with E-state index in [0.717, 1.165) is 0 Å². The van der Waals surface area contributed by atoms with Gasteiger partial charge in [-0.2, -0.15) is 8.78 Å². The predicted molar refractivity (Wildman–Crippen MR) is 75.6 cm³/mol. The van der Waals surface area contributed by atoms with Crippen LogP contribution in [0.3, 0.4) is 0 Å². The molecule has 0 unspecified atom stereocenters. The highest BCUT2D eigenvalue weighted by molar-refractivity contribution is 5.72. The number of nitrogen functional groups attached to an aromatic ring is 1. The lowest BCUT2D eigenvalue weighted by atomic mass is 10.1. The van der Waals surface area contributed by atoms with Gasteiger partial charge < -0.3 is 19.8 Å². The topological polar surface area (TPSA) is 62.3 Å². The van der Waals surface area contributed by atoms with Crippen molar-refractivity contribution in [3.8, 4) is 22.8 Å². The highest BCUT2D eigenvalue weighted by Gasteiger charge is 2.16. The largest absolute Gasteiger partial charge is 0.493 e. The first kappa shape index (κ1) is 15.1. The lowest BCUT2D eigenvalue weighted by molar-refractivity contribution is -0.0511. The van der Waals surface area contributed by atoms with Gasteiger partial charge in [-0.15, -0.1) is 0 Å². The number of aromatic nitrogens is 2. The Hall–Kier alpha value is -2.31. The average Bonchev–Trinajstić information content (AvgIpc) is 2.80. The Morgan fingerprint density at radius 2 is 1.95 bits per heavy atom. The quantitative estimate of drug-likeness (QED) is 0.919. The van der Waals surface area contributed by atoms with Gasteiger partial charge in [0.15, 0.2) is 11.5 Å². The molecule has 0 aliphatic heterocycles. The zero-order chi connectivity index (χ0) is 15.6. The van der Waals surface area contributed by atoms with Crippen LogP contribution in [0.25, 0.3) is 11.3 Å². The molecule has 2 aromatic rings. The third kappa shape index (κ3) is 3.07. The summed E-state index contributed by atoms with van der Waals surface area (Å²) in [5.74, 6) is 0.641. The van der Waals surface area contributed by atoms with Crippen molar-refractivity contribution in [1.29, 1.82) is 0 Å². The van der Waals surface area contributed by atoms with Crippen molar-refractivity contribution in [2.24, 2.45) is 0 Å². The second-order valence-electron chi connectivity index (χ2n) is 4.72. The summed E-state index contributed by atoms with van der Waals surface area (Å²) < 4.78 is 36.1. The number of alkyl halides is 2. The van der Waals surface area contributed by atoms with E-state index in [-0.39, 0.29) is 17.5 Å². The number of anilines is 1. The van der Waals surface area contributed by atoms with Gasteiger partial charge in [-0.25, -0.2) is 4.98 Å². The molecule has 0 amide bonds. The Labute approximate surface area is 121 Å². The van der Waals surface area contributed by atoms with Gasteiger partial charge in [-0.3, -0.25) is 0 Å². The molecule has 0 aliphatic rings. The van der Waals surface area contributed by atoms with E-state index >= 15 is 0 Å². The van der Waals surface area contributed by atoms with Crippen molar-refractivity contribution < 1.29 is 18.3 Å².